The molecule has 12 heteroatoms. The first-order valence-corrected chi connectivity index (χ1v) is 11.5. The molecule has 3 heterocycles. The Labute approximate surface area is 189 Å². The Bertz CT molecular complexity index is 1370. The van der Waals surface area contributed by atoms with Gasteiger partial charge in [0.25, 0.3) is 0 Å². The standard InChI is InChI=1S/C20H17N5O5S2/c1-24-15(21-7-16(24)25(28)29)8-30-11-3-4-12-10(6-11)2-5-13-17(12)32-19(22-13)18-23-14(9-31-18)20(26)27/h2-7,14,18,23H,8-9H2,1H3,(H,26,27). The number of nitrogens with zero attached hydrogens (tertiary/aromatic N) is 4. The lowest BCUT2D eigenvalue weighted by Crippen LogP contribution is -2.33. The van der Waals surface area contributed by atoms with E-state index in [9.17, 15) is 20.0 Å². The fourth-order valence-electron chi connectivity index (χ4n) is 3.56. The van der Waals surface area contributed by atoms with Crippen LogP contribution in [0.2, 0.25) is 0 Å². The lowest BCUT2D eigenvalue weighted by atomic mass is 10.1. The van der Waals surface area contributed by atoms with Gasteiger partial charge in [0.15, 0.2) is 6.61 Å². The molecular formula is C20H17N5O5S2. The van der Waals surface area contributed by atoms with E-state index < -0.39 is 16.9 Å². The molecule has 0 bridgehead atoms. The van der Waals surface area contributed by atoms with Crippen molar-refractivity contribution in [2.24, 2.45) is 7.05 Å². The van der Waals surface area contributed by atoms with Crippen molar-refractivity contribution in [1.82, 2.24) is 19.9 Å². The summed E-state index contributed by atoms with van der Waals surface area (Å²) in [6.07, 6.45) is 1.22. The molecule has 1 fully saturated rings. The normalized spacial score (nSPS) is 18.4. The Balaban J connectivity index is 1.38. The van der Waals surface area contributed by atoms with Crippen molar-refractivity contribution in [1.29, 1.82) is 0 Å². The van der Waals surface area contributed by atoms with Crippen molar-refractivity contribution in [3.8, 4) is 5.75 Å². The number of aliphatic carboxylic acids is 1. The number of hydrogen-bond donors (Lipinski definition) is 2. The van der Waals surface area contributed by atoms with Crippen LogP contribution in [-0.2, 0) is 18.4 Å². The van der Waals surface area contributed by atoms with Gasteiger partial charge in [-0.25, -0.2) is 14.5 Å². The van der Waals surface area contributed by atoms with Crippen molar-refractivity contribution in [2.45, 2.75) is 18.0 Å². The molecule has 1 aliphatic rings. The lowest BCUT2D eigenvalue weighted by molar-refractivity contribution is -0.391. The minimum absolute atomic E-state index is 0.0879. The predicted molar refractivity (Wildman–Crippen MR) is 121 cm³/mol. The van der Waals surface area contributed by atoms with Gasteiger partial charge in [-0.1, -0.05) is 6.07 Å². The molecule has 5 rings (SSSR count). The van der Waals surface area contributed by atoms with Gasteiger partial charge in [0.05, 0.1) is 17.3 Å². The van der Waals surface area contributed by atoms with Crippen LogP contribution in [0.25, 0.3) is 21.0 Å². The van der Waals surface area contributed by atoms with E-state index in [0.717, 1.165) is 26.0 Å². The highest BCUT2D eigenvalue weighted by Gasteiger charge is 2.32. The number of nitrogens with one attached hydrogen (secondary N) is 1. The Morgan fingerprint density at radius 1 is 1.41 bits per heavy atom. The third-order valence-electron chi connectivity index (χ3n) is 5.28. The summed E-state index contributed by atoms with van der Waals surface area (Å²) in [6.45, 7) is 0.109. The maximum Gasteiger partial charge on any atom is 0.342 e. The summed E-state index contributed by atoms with van der Waals surface area (Å²) in [4.78, 5) is 30.5. The van der Waals surface area contributed by atoms with E-state index in [1.54, 1.807) is 30.1 Å². The van der Waals surface area contributed by atoms with Crippen molar-refractivity contribution in [3.05, 3.63) is 57.5 Å². The molecule has 32 heavy (non-hydrogen) atoms. The van der Waals surface area contributed by atoms with Crippen molar-refractivity contribution in [2.75, 3.05) is 5.75 Å². The number of carbonyl (C=O) groups is 1. The van der Waals surface area contributed by atoms with Crippen LogP contribution in [0.1, 0.15) is 16.2 Å². The number of imidazole rings is 1. The van der Waals surface area contributed by atoms with Gasteiger partial charge >= 0.3 is 11.8 Å². The van der Waals surface area contributed by atoms with Crippen molar-refractivity contribution < 1.29 is 19.6 Å². The van der Waals surface area contributed by atoms with Crippen molar-refractivity contribution >= 4 is 55.9 Å². The second kappa shape index (κ2) is 8.04. The van der Waals surface area contributed by atoms with Gasteiger partial charge in [0.1, 0.15) is 28.4 Å². The van der Waals surface area contributed by atoms with Gasteiger partial charge in [0, 0.05) is 11.1 Å². The van der Waals surface area contributed by atoms with Gasteiger partial charge < -0.3 is 20.0 Å². The molecular weight excluding hydrogens is 454 g/mol. The summed E-state index contributed by atoms with van der Waals surface area (Å²) in [7, 11) is 1.58. The molecule has 2 atom stereocenters. The maximum absolute atomic E-state index is 11.2. The predicted octanol–water partition coefficient (Wildman–Crippen LogP) is 3.46. The molecule has 0 spiro atoms. The second-order valence-electron chi connectivity index (χ2n) is 7.26. The van der Waals surface area contributed by atoms with Crippen LogP contribution in [0.15, 0.2) is 36.5 Å². The van der Waals surface area contributed by atoms with Gasteiger partial charge in [0.2, 0.25) is 5.82 Å². The van der Waals surface area contributed by atoms with E-state index >= 15 is 0 Å². The Hall–Kier alpha value is -3.22. The van der Waals surface area contributed by atoms with E-state index in [4.69, 9.17) is 9.72 Å². The number of nitro groups is 1. The second-order valence-corrected chi connectivity index (χ2v) is 9.43. The van der Waals surface area contributed by atoms with Gasteiger partial charge in [-0.3, -0.25) is 10.1 Å². The Morgan fingerprint density at radius 2 is 2.25 bits per heavy atom. The number of rotatable bonds is 6. The number of carboxylic acids is 1. The van der Waals surface area contributed by atoms with Crippen LogP contribution in [-0.4, -0.2) is 42.3 Å². The summed E-state index contributed by atoms with van der Waals surface area (Å²) >= 11 is 3.11. The van der Waals surface area contributed by atoms with Crippen LogP contribution in [0.4, 0.5) is 5.82 Å². The van der Waals surface area contributed by atoms with Crippen molar-refractivity contribution in [3.63, 3.8) is 0 Å². The number of thiazole rings is 1. The molecule has 2 unspecified atom stereocenters. The highest BCUT2D eigenvalue weighted by Crippen LogP contribution is 2.39. The fourth-order valence-corrected chi connectivity index (χ4v) is 6.03. The van der Waals surface area contributed by atoms with E-state index in [-0.39, 0.29) is 17.8 Å². The molecule has 2 N–H and O–H groups in total. The van der Waals surface area contributed by atoms with Crippen LogP contribution in [0, 0.1) is 10.1 Å². The molecule has 164 valence electrons. The van der Waals surface area contributed by atoms with Gasteiger partial charge in [-0.2, -0.15) is 0 Å². The van der Waals surface area contributed by atoms with E-state index in [1.807, 2.05) is 30.3 Å². The molecule has 2 aromatic carbocycles. The van der Waals surface area contributed by atoms with Crippen LogP contribution in [0.5, 0.6) is 5.75 Å². The molecule has 2 aromatic heterocycles. The Morgan fingerprint density at radius 3 is 2.97 bits per heavy atom. The highest BCUT2D eigenvalue weighted by atomic mass is 32.2. The van der Waals surface area contributed by atoms with Gasteiger partial charge in [-0.05, 0) is 34.6 Å². The number of carboxylic acid groups (broad SMARTS) is 1. The van der Waals surface area contributed by atoms with Crippen LogP contribution >= 0.6 is 23.1 Å². The number of hydrogen-bond acceptors (Lipinski definition) is 9. The molecule has 10 nitrogen and oxygen atoms in total. The minimum Gasteiger partial charge on any atom is -0.483 e. The molecule has 1 saturated heterocycles. The molecule has 0 amide bonds. The zero-order chi connectivity index (χ0) is 22.4. The zero-order valence-electron chi connectivity index (χ0n) is 16.7. The maximum atomic E-state index is 11.2. The number of thioether (sulfide) groups is 1. The smallest absolute Gasteiger partial charge is 0.342 e. The third-order valence-corrected chi connectivity index (χ3v) is 7.81. The monoisotopic (exact) mass is 471 g/mol. The topological polar surface area (TPSA) is 132 Å². The number of ether oxygens (including phenoxy) is 1. The summed E-state index contributed by atoms with van der Waals surface area (Å²) in [6, 6.07) is 9.07. The quantitative estimate of drug-likeness (QED) is 0.320. The zero-order valence-corrected chi connectivity index (χ0v) is 18.4. The van der Waals surface area contributed by atoms with E-state index in [0.29, 0.717) is 17.3 Å². The van der Waals surface area contributed by atoms with Crippen LogP contribution in [0.3, 0.4) is 0 Å². The number of aromatic nitrogens is 3. The first-order valence-electron chi connectivity index (χ1n) is 9.62. The largest absolute Gasteiger partial charge is 0.483 e. The number of fused-ring (bicyclic) bond motifs is 3. The summed E-state index contributed by atoms with van der Waals surface area (Å²) in [5.41, 5.74) is 0.868. The first-order chi connectivity index (χ1) is 15.4. The highest BCUT2D eigenvalue weighted by molar-refractivity contribution is 7.99. The molecule has 0 saturated carbocycles. The average molecular weight is 472 g/mol. The van der Waals surface area contributed by atoms with E-state index in [1.165, 1.54) is 10.8 Å². The average Bonchev–Trinajstić information content (AvgIpc) is 3.49. The molecule has 0 aliphatic carbocycles. The van der Waals surface area contributed by atoms with Gasteiger partial charge in [-0.15, -0.1) is 23.1 Å². The SMILES string of the molecule is Cn1c([N+](=O)[O-])cnc1COc1ccc2c(ccc3nc(C4NC(C(=O)O)CS4)sc32)c1. The molecule has 0 radical (unpaired) electrons. The number of benzene rings is 2. The summed E-state index contributed by atoms with van der Waals surface area (Å²) < 4.78 is 8.25. The first kappa shape index (κ1) is 20.7. The molecule has 1 aliphatic heterocycles. The summed E-state index contributed by atoms with van der Waals surface area (Å²) in [5.74, 6) is 0.663. The minimum atomic E-state index is -0.848. The molecule has 4 aromatic rings. The summed E-state index contributed by atoms with van der Waals surface area (Å²) in [5, 5.41) is 26.0. The van der Waals surface area contributed by atoms with E-state index in [2.05, 4.69) is 10.3 Å². The fraction of sp³-hybridized carbons (Fsp3) is 0.250. The lowest BCUT2D eigenvalue weighted by Gasteiger charge is -2.07. The third kappa shape index (κ3) is 3.66. The van der Waals surface area contributed by atoms with Crippen LogP contribution < -0.4 is 10.1 Å². The Kier molecular flexibility index (Phi) is 5.19.